The topological polar surface area (TPSA) is 12.0 Å². The lowest BCUT2D eigenvalue weighted by atomic mass is 9.89. The van der Waals surface area contributed by atoms with Crippen molar-refractivity contribution >= 4 is 0 Å². The Morgan fingerprint density at radius 3 is 3.44 bits per heavy atom. The van der Waals surface area contributed by atoms with E-state index in [1.165, 1.54) is 25.9 Å². The summed E-state index contributed by atoms with van der Waals surface area (Å²) in [4.78, 5) is 0. The van der Waals surface area contributed by atoms with E-state index >= 15 is 0 Å². The molecule has 0 spiro atoms. The van der Waals surface area contributed by atoms with Crippen molar-refractivity contribution in [3.63, 3.8) is 0 Å². The van der Waals surface area contributed by atoms with Gasteiger partial charge in [-0.05, 0) is 31.2 Å². The van der Waals surface area contributed by atoms with Crippen molar-refractivity contribution in [2.24, 2.45) is 11.8 Å². The fraction of sp³-hybridized carbons (Fsp3) is 0.750. The fourth-order valence-electron chi connectivity index (χ4n) is 1.88. The van der Waals surface area contributed by atoms with Crippen molar-refractivity contribution in [3.05, 3.63) is 12.2 Å². The van der Waals surface area contributed by atoms with Crippen LogP contribution in [0.1, 0.15) is 14.3 Å². The number of hydrogen-bond acceptors (Lipinski definition) is 1. The van der Waals surface area contributed by atoms with Crippen LogP contribution in [0.15, 0.2) is 12.2 Å². The van der Waals surface area contributed by atoms with Gasteiger partial charge in [-0.2, -0.15) is 0 Å². The van der Waals surface area contributed by atoms with Crippen LogP contribution in [-0.2, 0) is 0 Å². The Morgan fingerprint density at radius 2 is 2.56 bits per heavy atom. The zero-order valence-corrected chi connectivity index (χ0v) is 5.64. The highest BCUT2D eigenvalue weighted by Crippen LogP contribution is 2.29. The Labute approximate surface area is 57.6 Å². The van der Waals surface area contributed by atoms with Gasteiger partial charge in [0.1, 0.15) is 0 Å². The first kappa shape index (κ1) is 5.48. The molecule has 2 rings (SSSR count). The third-order valence-corrected chi connectivity index (χ3v) is 2.50. The highest BCUT2D eigenvalue weighted by Gasteiger charge is 2.24. The Morgan fingerprint density at radius 1 is 1.56 bits per heavy atom. The summed E-state index contributed by atoms with van der Waals surface area (Å²) in [6, 6.07) is 0. The molecule has 0 amide bonds. The number of fused-ring (bicyclic) bond motifs is 1. The van der Waals surface area contributed by atoms with Crippen LogP contribution in [0.2, 0.25) is 0 Å². The maximum absolute atomic E-state index is 3.40. The van der Waals surface area contributed by atoms with E-state index in [0.717, 1.165) is 11.8 Å². The summed E-state index contributed by atoms with van der Waals surface area (Å²) in [7, 11) is 0. The summed E-state index contributed by atoms with van der Waals surface area (Å²) in [5, 5.41) is 3.40. The highest BCUT2D eigenvalue weighted by atomic mass is 14.9. The molecule has 9 heavy (non-hydrogen) atoms. The highest BCUT2D eigenvalue weighted by molar-refractivity contribution is 5.03. The van der Waals surface area contributed by atoms with Crippen LogP contribution in [0.3, 0.4) is 0 Å². The van der Waals surface area contributed by atoms with Crippen LogP contribution in [-0.4, -0.2) is 13.1 Å². The zero-order chi connectivity index (χ0) is 6.10. The first-order valence-corrected chi connectivity index (χ1v) is 3.84. The summed E-state index contributed by atoms with van der Waals surface area (Å²) in [5.74, 6) is 1.87. The molecule has 0 aromatic rings. The average molecular weight is 125 g/mol. The van der Waals surface area contributed by atoms with Gasteiger partial charge in [-0.1, -0.05) is 12.2 Å². The molecule has 0 saturated carbocycles. The van der Waals surface area contributed by atoms with Gasteiger partial charge in [0.05, 0.1) is 0 Å². The van der Waals surface area contributed by atoms with Crippen molar-refractivity contribution in [3.8, 4) is 0 Å². The van der Waals surface area contributed by atoms with Gasteiger partial charge >= 0.3 is 0 Å². The second-order valence-electron chi connectivity index (χ2n) is 3.08. The minimum Gasteiger partial charge on any atom is -0.316 e. The van der Waals surface area contributed by atoms with Gasteiger partial charge < -0.3 is 5.32 Å². The van der Waals surface area contributed by atoms with E-state index in [0.29, 0.717) is 0 Å². The molecule has 1 aliphatic heterocycles. The van der Waals surface area contributed by atoms with Crippen molar-refractivity contribution in [1.82, 2.24) is 5.32 Å². The number of rotatable bonds is 0. The Balaban J connectivity index is 0.000000500. The molecule has 1 aliphatic carbocycles. The Bertz CT molecular complexity index is 133. The normalized spacial score (nSPS) is 40.9. The molecule has 2 atom stereocenters. The number of piperidine rings is 1. The molecular formula is C8H15N. The predicted molar refractivity (Wildman–Crippen MR) is 40.3 cm³/mol. The summed E-state index contributed by atoms with van der Waals surface area (Å²) >= 11 is 0. The molecule has 1 N–H and O–H groups in total. The maximum Gasteiger partial charge on any atom is 0.00170 e. The van der Waals surface area contributed by atoms with Crippen LogP contribution in [0.5, 0.6) is 0 Å². The first-order chi connectivity index (χ1) is 4.47. The molecule has 0 radical (unpaired) electrons. The van der Waals surface area contributed by atoms with Crippen molar-refractivity contribution < 1.29 is 1.43 Å². The summed E-state index contributed by atoms with van der Waals surface area (Å²) in [5.41, 5.74) is 0. The molecule has 0 aromatic heterocycles. The zero-order valence-electron chi connectivity index (χ0n) is 5.64. The summed E-state index contributed by atoms with van der Waals surface area (Å²) in [6.07, 6.45) is 7.43. The minimum absolute atomic E-state index is 0. The largest absolute Gasteiger partial charge is 0.316 e. The molecular weight excluding hydrogens is 110 g/mol. The first-order valence-electron chi connectivity index (χ1n) is 3.84. The predicted octanol–water partition coefficient (Wildman–Crippen LogP) is 1.42. The van der Waals surface area contributed by atoms with E-state index in [2.05, 4.69) is 17.5 Å². The molecule has 1 heterocycles. The van der Waals surface area contributed by atoms with Crippen LogP contribution < -0.4 is 5.32 Å². The van der Waals surface area contributed by atoms with E-state index < -0.39 is 0 Å². The van der Waals surface area contributed by atoms with Gasteiger partial charge in [0.15, 0.2) is 0 Å². The monoisotopic (exact) mass is 125 g/mol. The number of allylic oxidation sites excluding steroid dienone is 1. The fourth-order valence-corrected chi connectivity index (χ4v) is 1.88. The van der Waals surface area contributed by atoms with Gasteiger partial charge in [-0.3, -0.25) is 0 Å². The average Bonchev–Trinajstić information content (AvgIpc) is 2.33. The van der Waals surface area contributed by atoms with E-state index in [-0.39, 0.29) is 1.43 Å². The van der Waals surface area contributed by atoms with Crippen LogP contribution in [0, 0.1) is 11.8 Å². The molecule has 1 nitrogen and oxygen atoms in total. The Kier molecular flexibility index (Phi) is 1.31. The van der Waals surface area contributed by atoms with E-state index in [1.54, 1.807) is 0 Å². The smallest absolute Gasteiger partial charge is 0.00170 e. The number of hydrogen-bond donors (Lipinski definition) is 1. The van der Waals surface area contributed by atoms with Gasteiger partial charge in [-0.25, -0.2) is 0 Å². The minimum atomic E-state index is 0. The van der Waals surface area contributed by atoms with Gasteiger partial charge in [0.2, 0.25) is 0 Å². The summed E-state index contributed by atoms with van der Waals surface area (Å²) in [6.45, 7) is 2.46. The Hall–Kier alpha value is -0.300. The van der Waals surface area contributed by atoms with Gasteiger partial charge in [0.25, 0.3) is 0 Å². The van der Waals surface area contributed by atoms with Gasteiger partial charge in [-0.15, -0.1) is 0 Å². The van der Waals surface area contributed by atoms with Crippen molar-refractivity contribution in [1.29, 1.82) is 0 Å². The van der Waals surface area contributed by atoms with E-state index in [4.69, 9.17) is 0 Å². The maximum atomic E-state index is 3.40. The lowest BCUT2D eigenvalue weighted by molar-refractivity contribution is 0.322. The van der Waals surface area contributed by atoms with Crippen LogP contribution in [0.25, 0.3) is 0 Å². The van der Waals surface area contributed by atoms with E-state index in [1.807, 2.05) is 0 Å². The third kappa shape index (κ3) is 0.897. The SMILES string of the molecule is C1=CC2CNCCC2C1.[HH]. The molecule has 0 bridgehead atoms. The molecule has 52 valence electrons. The van der Waals surface area contributed by atoms with E-state index in [9.17, 15) is 0 Å². The van der Waals surface area contributed by atoms with Crippen molar-refractivity contribution in [2.45, 2.75) is 12.8 Å². The van der Waals surface area contributed by atoms with Gasteiger partial charge in [0, 0.05) is 7.97 Å². The molecule has 1 saturated heterocycles. The second-order valence-corrected chi connectivity index (χ2v) is 3.08. The molecule has 2 unspecified atom stereocenters. The summed E-state index contributed by atoms with van der Waals surface area (Å²) < 4.78 is 0. The van der Waals surface area contributed by atoms with Crippen molar-refractivity contribution in [2.75, 3.05) is 13.1 Å². The third-order valence-electron chi connectivity index (χ3n) is 2.50. The molecule has 2 aliphatic rings. The second kappa shape index (κ2) is 2.14. The lowest BCUT2D eigenvalue weighted by Crippen LogP contribution is -2.33. The molecule has 1 heteroatoms. The van der Waals surface area contributed by atoms with Crippen LogP contribution >= 0.6 is 0 Å². The molecule has 0 aromatic carbocycles. The number of nitrogens with one attached hydrogen (secondary N) is 1. The standard InChI is InChI=1S/C8H13N.H2/c1-2-7-4-5-9-6-8(7)3-1;/h1,3,7-9H,2,4-6H2;1H. The lowest BCUT2D eigenvalue weighted by Gasteiger charge is -2.25. The quantitative estimate of drug-likeness (QED) is 0.483. The molecule has 1 fully saturated rings. The van der Waals surface area contributed by atoms with Crippen LogP contribution in [0.4, 0.5) is 0 Å².